The van der Waals surface area contributed by atoms with Crippen LogP contribution in [0.5, 0.6) is 0 Å². The predicted octanol–water partition coefficient (Wildman–Crippen LogP) is 1.96. The first-order valence-corrected chi connectivity index (χ1v) is 8.46. The number of benzene rings is 1. The standard InChI is InChI=1S/C15H18N2O2S/c1-20(18,19)12-15(13-7-3-2-4-8-13)17-11-14-9-5-6-10-16-14/h2-10,15,17H,11-12H2,1H3/t15-/m0/s1. The van der Waals surface area contributed by atoms with Crippen molar-refractivity contribution in [2.75, 3.05) is 12.0 Å². The summed E-state index contributed by atoms with van der Waals surface area (Å²) >= 11 is 0. The van der Waals surface area contributed by atoms with E-state index in [4.69, 9.17) is 0 Å². The van der Waals surface area contributed by atoms with E-state index in [0.717, 1.165) is 11.3 Å². The highest BCUT2D eigenvalue weighted by molar-refractivity contribution is 7.90. The molecule has 0 saturated heterocycles. The van der Waals surface area contributed by atoms with Crippen LogP contribution in [0.25, 0.3) is 0 Å². The minimum absolute atomic E-state index is 0.0733. The number of nitrogens with one attached hydrogen (secondary N) is 1. The SMILES string of the molecule is CS(=O)(=O)C[C@H](NCc1ccccn1)c1ccccc1. The molecular weight excluding hydrogens is 272 g/mol. The third-order valence-electron chi connectivity index (χ3n) is 2.93. The Balaban J connectivity index is 2.11. The minimum Gasteiger partial charge on any atom is -0.303 e. The number of hydrogen-bond donors (Lipinski definition) is 1. The van der Waals surface area contributed by atoms with Gasteiger partial charge < -0.3 is 5.32 Å². The molecule has 2 rings (SSSR count). The van der Waals surface area contributed by atoms with Gasteiger partial charge >= 0.3 is 0 Å². The Bertz CT molecular complexity index is 627. The van der Waals surface area contributed by atoms with Crippen LogP contribution in [0.3, 0.4) is 0 Å². The van der Waals surface area contributed by atoms with Gasteiger partial charge in [-0.05, 0) is 17.7 Å². The van der Waals surface area contributed by atoms with Crippen molar-refractivity contribution < 1.29 is 8.42 Å². The lowest BCUT2D eigenvalue weighted by molar-refractivity contribution is 0.547. The molecule has 1 heterocycles. The summed E-state index contributed by atoms with van der Waals surface area (Å²) in [6, 6.07) is 15.1. The highest BCUT2D eigenvalue weighted by Crippen LogP contribution is 2.15. The summed E-state index contributed by atoms with van der Waals surface area (Å²) in [7, 11) is -3.06. The Morgan fingerprint density at radius 3 is 2.40 bits per heavy atom. The molecule has 0 saturated carbocycles. The maximum absolute atomic E-state index is 11.6. The average molecular weight is 290 g/mol. The molecule has 0 bridgehead atoms. The number of rotatable bonds is 6. The second-order valence-electron chi connectivity index (χ2n) is 4.76. The van der Waals surface area contributed by atoms with E-state index in [0.29, 0.717) is 6.54 Å². The number of hydrogen-bond acceptors (Lipinski definition) is 4. The van der Waals surface area contributed by atoms with E-state index >= 15 is 0 Å². The van der Waals surface area contributed by atoms with Gasteiger partial charge in [-0.1, -0.05) is 36.4 Å². The number of sulfone groups is 1. The van der Waals surface area contributed by atoms with E-state index in [9.17, 15) is 8.42 Å². The van der Waals surface area contributed by atoms with Crippen molar-refractivity contribution in [1.82, 2.24) is 10.3 Å². The van der Waals surface area contributed by atoms with Gasteiger partial charge in [-0.2, -0.15) is 0 Å². The zero-order valence-corrected chi connectivity index (χ0v) is 12.2. The zero-order chi connectivity index (χ0) is 14.4. The molecule has 0 aliphatic heterocycles. The van der Waals surface area contributed by atoms with Gasteiger partial charge in [-0.15, -0.1) is 0 Å². The van der Waals surface area contributed by atoms with Crippen LogP contribution in [0.2, 0.25) is 0 Å². The minimum atomic E-state index is -3.06. The van der Waals surface area contributed by atoms with Crippen LogP contribution in [-0.4, -0.2) is 25.4 Å². The summed E-state index contributed by atoms with van der Waals surface area (Å²) in [4.78, 5) is 4.23. The Morgan fingerprint density at radius 1 is 1.10 bits per heavy atom. The van der Waals surface area contributed by atoms with Gasteiger partial charge in [0.1, 0.15) is 9.84 Å². The highest BCUT2D eigenvalue weighted by atomic mass is 32.2. The Labute approximate surface area is 119 Å². The smallest absolute Gasteiger partial charge is 0.149 e. The fourth-order valence-electron chi connectivity index (χ4n) is 1.99. The summed E-state index contributed by atoms with van der Waals surface area (Å²) < 4.78 is 23.1. The number of aromatic nitrogens is 1. The highest BCUT2D eigenvalue weighted by Gasteiger charge is 2.16. The van der Waals surface area contributed by atoms with Crippen LogP contribution in [-0.2, 0) is 16.4 Å². The maximum Gasteiger partial charge on any atom is 0.149 e. The van der Waals surface area contributed by atoms with E-state index < -0.39 is 9.84 Å². The fourth-order valence-corrected chi connectivity index (χ4v) is 2.91. The van der Waals surface area contributed by atoms with E-state index in [1.54, 1.807) is 6.20 Å². The number of pyridine rings is 1. The van der Waals surface area contributed by atoms with Gasteiger partial charge in [0.15, 0.2) is 0 Å². The second kappa shape index (κ2) is 6.63. The first-order chi connectivity index (χ1) is 9.54. The molecule has 1 aromatic heterocycles. The van der Waals surface area contributed by atoms with Crippen molar-refractivity contribution >= 4 is 9.84 Å². The third kappa shape index (κ3) is 4.75. The zero-order valence-electron chi connectivity index (χ0n) is 11.4. The molecule has 1 atom stereocenters. The van der Waals surface area contributed by atoms with Gasteiger partial charge in [-0.3, -0.25) is 4.98 Å². The van der Waals surface area contributed by atoms with Crippen LogP contribution < -0.4 is 5.32 Å². The van der Waals surface area contributed by atoms with Crippen molar-refractivity contribution in [2.45, 2.75) is 12.6 Å². The topological polar surface area (TPSA) is 59.1 Å². The third-order valence-corrected chi connectivity index (χ3v) is 3.87. The van der Waals surface area contributed by atoms with Gasteiger partial charge in [0.05, 0.1) is 11.4 Å². The molecule has 0 fully saturated rings. The molecule has 0 unspecified atom stereocenters. The summed E-state index contributed by atoms with van der Waals surface area (Å²) in [5, 5.41) is 3.27. The molecule has 4 nitrogen and oxygen atoms in total. The van der Waals surface area contributed by atoms with Crippen LogP contribution >= 0.6 is 0 Å². The monoisotopic (exact) mass is 290 g/mol. The van der Waals surface area contributed by atoms with Crippen molar-refractivity contribution in [2.24, 2.45) is 0 Å². The molecule has 5 heteroatoms. The van der Waals surface area contributed by atoms with Gasteiger partial charge in [0.2, 0.25) is 0 Å². The van der Waals surface area contributed by atoms with Crippen LogP contribution in [0.4, 0.5) is 0 Å². The maximum atomic E-state index is 11.6. The molecule has 1 aromatic carbocycles. The molecule has 2 aromatic rings. The normalized spacial score (nSPS) is 13.1. The van der Waals surface area contributed by atoms with Crippen LogP contribution in [0.1, 0.15) is 17.3 Å². The lowest BCUT2D eigenvalue weighted by atomic mass is 10.1. The van der Waals surface area contributed by atoms with Crippen molar-refractivity contribution in [3.63, 3.8) is 0 Å². The Hall–Kier alpha value is -1.72. The molecule has 106 valence electrons. The first-order valence-electron chi connectivity index (χ1n) is 6.40. The van der Waals surface area contributed by atoms with Crippen molar-refractivity contribution in [3.8, 4) is 0 Å². The lowest BCUT2D eigenvalue weighted by Crippen LogP contribution is -2.27. The van der Waals surface area contributed by atoms with E-state index in [1.165, 1.54) is 6.26 Å². The molecule has 1 N–H and O–H groups in total. The molecule has 0 amide bonds. The summed E-state index contributed by atoms with van der Waals surface area (Å²) in [5.74, 6) is 0.0733. The Morgan fingerprint density at radius 2 is 1.80 bits per heavy atom. The summed E-state index contributed by atoms with van der Waals surface area (Å²) in [6.45, 7) is 0.538. The van der Waals surface area contributed by atoms with Crippen molar-refractivity contribution in [1.29, 1.82) is 0 Å². The fraction of sp³-hybridized carbons (Fsp3) is 0.267. The first kappa shape index (κ1) is 14.7. The Kier molecular flexibility index (Phi) is 4.87. The quantitative estimate of drug-likeness (QED) is 0.883. The van der Waals surface area contributed by atoms with E-state index in [2.05, 4.69) is 10.3 Å². The average Bonchev–Trinajstić information content (AvgIpc) is 2.44. The second-order valence-corrected chi connectivity index (χ2v) is 6.94. The molecule has 20 heavy (non-hydrogen) atoms. The van der Waals surface area contributed by atoms with E-state index in [1.807, 2.05) is 48.5 Å². The van der Waals surface area contributed by atoms with Crippen LogP contribution in [0.15, 0.2) is 54.7 Å². The molecule has 0 radical (unpaired) electrons. The summed E-state index contributed by atoms with van der Waals surface area (Å²) in [6.07, 6.45) is 2.98. The van der Waals surface area contributed by atoms with Gasteiger partial charge in [-0.25, -0.2) is 8.42 Å². The van der Waals surface area contributed by atoms with E-state index in [-0.39, 0.29) is 11.8 Å². The predicted molar refractivity (Wildman–Crippen MR) is 80.0 cm³/mol. The molecule has 0 spiro atoms. The van der Waals surface area contributed by atoms with Crippen LogP contribution in [0, 0.1) is 0 Å². The number of nitrogens with zero attached hydrogens (tertiary/aromatic N) is 1. The summed E-state index contributed by atoms with van der Waals surface area (Å²) in [5.41, 5.74) is 1.86. The van der Waals surface area contributed by atoms with Gasteiger partial charge in [0.25, 0.3) is 0 Å². The van der Waals surface area contributed by atoms with Crippen molar-refractivity contribution in [3.05, 3.63) is 66.0 Å². The molecule has 0 aliphatic carbocycles. The lowest BCUT2D eigenvalue weighted by Gasteiger charge is -2.18. The molecular formula is C15H18N2O2S. The van der Waals surface area contributed by atoms with Gasteiger partial charge in [0, 0.05) is 25.0 Å². The largest absolute Gasteiger partial charge is 0.303 e. The molecule has 0 aliphatic rings.